The number of halogens is 1. The first-order chi connectivity index (χ1) is 9.72. The van der Waals surface area contributed by atoms with E-state index in [4.69, 9.17) is 4.74 Å². The van der Waals surface area contributed by atoms with Crippen molar-refractivity contribution in [2.75, 3.05) is 19.6 Å². The van der Waals surface area contributed by atoms with Crippen LogP contribution in [0.1, 0.15) is 43.8 Å². The number of nitrogens with zero attached hydrogens (tertiary/aromatic N) is 1. The molecule has 110 valence electrons. The van der Waals surface area contributed by atoms with Gasteiger partial charge in [-0.15, -0.1) is 0 Å². The monoisotopic (exact) mass is 279 g/mol. The SMILES string of the molecule is O[C@@H](CCN1CCCC1)c1ccc(OC2CC2)c(F)c1. The molecule has 2 fully saturated rings. The highest BCUT2D eigenvalue weighted by Crippen LogP contribution is 2.30. The highest BCUT2D eigenvalue weighted by molar-refractivity contribution is 5.31. The number of rotatable bonds is 6. The molecule has 1 aliphatic heterocycles. The van der Waals surface area contributed by atoms with Crippen molar-refractivity contribution in [3.63, 3.8) is 0 Å². The summed E-state index contributed by atoms with van der Waals surface area (Å²) in [6.45, 7) is 3.12. The van der Waals surface area contributed by atoms with E-state index in [1.54, 1.807) is 12.1 Å². The predicted molar refractivity (Wildman–Crippen MR) is 75.3 cm³/mol. The van der Waals surface area contributed by atoms with E-state index in [1.807, 2.05) is 0 Å². The first kappa shape index (κ1) is 13.8. The van der Waals surface area contributed by atoms with E-state index in [2.05, 4.69) is 4.90 Å². The van der Waals surface area contributed by atoms with Crippen LogP contribution in [0.4, 0.5) is 4.39 Å². The molecule has 3 rings (SSSR count). The van der Waals surface area contributed by atoms with Crippen LogP contribution in [0.3, 0.4) is 0 Å². The Balaban J connectivity index is 1.56. The Morgan fingerprint density at radius 2 is 2.05 bits per heavy atom. The van der Waals surface area contributed by atoms with Gasteiger partial charge in [0.1, 0.15) is 0 Å². The Labute approximate surface area is 119 Å². The summed E-state index contributed by atoms with van der Waals surface area (Å²) in [7, 11) is 0. The Bertz CT molecular complexity index is 456. The van der Waals surface area contributed by atoms with Gasteiger partial charge in [-0.3, -0.25) is 0 Å². The second-order valence-electron chi connectivity index (χ2n) is 5.86. The minimum atomic E-state index is -0.597. The summed E-state index contributed by atoms with van der Waals surface area (Å²) >= 11 is 0. The molecule has 20 heavy (non-hydrogen) atoms. The van der Waals surface area contributed by atoms with Gasteiger partial charge in [0.2, 0.25) is 0 Å². The molecule has 1 saturated heterocycles. The van der Waals surface area contributed by atoms with E-state index >= 15 is 0 Å². The third-order valence-electron chi connectivity index (χ3n) is 4.08. The highest BCUT2D eigenvalue weighted by atomic mass is 19.1. The van der Waals surface area contributed by atoms with Crippen LogP contribution < -0.4 is 4.74 Å². The maximum atomic E-state index is 13.9. The number of benzene rings is 1. The molecule has 1 atom stereocenters. The average molecular weight is 279 g/mol. The summed E-state index contributed by atoms with van der Waals surface area (Å²) in [5.41, 5.74) is 0.643. The van der Waals surface area contributed by atoms with Gasteiger partial charge in [-0.2, -0.15) is 0 Å². The summed E-state index contributed by atoms with van der Waals surface area (Å²) in [4.78, 5) is 2.35. The van der Waals surface area contributed by atoms with Gasteiger partial charge in [0, 0.05) is 6.54 Å². The molecule has 0 bridgehead atoms. The van der Waals surface area contributed by atoms with Crippen LogP contribution >= 0.6 is 0 Å². The molecule has 0 aromatic heterocycles. The molecule has 1 aromatic carbocycles. The van der Waals surface area contributed by atoms with Gasteiger partial charge in [0.05, 0.1) is 12.2 Å². The van der Waals surface area contributed by atoms with Crippen LogP contribution in [0.25, 0.3) is 0 Å². The van der Waals surface area contributed by atoms with Gasteiger partial charge in [-0.1, -0.05) is 6.07 Å². The Morgan fingerprint density at radius 3 is 2.70 bits per heavy atom. The third kappa shape index (κ3) is 3.49. The quantitative estimate of drug-likeness (QED) is 0.869. The van der Waals surface area contributed by atoms with Crippen LogP contribution in [0.15, 0.2) is 18.2 Å². The van der Waals surface area contributed by atoms with Crippen molar-refractivity contribution in [1.82, 2.24) is 4.90 Å². The summed E-state index contributed by atoms with van der Waals surface area (Å²) in [5, 5.41) is 10.2. The Morgan fingerprint density at radius 1 is 1.30 bits per heavy atom. The zero-order valence-electron chi connectivity index (χ0n) is 11.7. The largest absolute Gasteiger partial charge is 0.487 e. The molecule has 1 heterocycles. The van der Waals surface area contributed by atoms with Gasteiger partial charge in [0.25, 0.3) is 0 Å². The van der Waals surface area contributed by atoms with Crippen LogP contribution in [-0.2, 0) is 0 Å². The molecule has 2 aliphatic rings. The van der Waals surface area contributed by atoms with Crippen LogP contribution in [0, 0.1) is 5.82 Å². The lowest BCUT2D eigenvalue weighted by atomic mass is 10.1. The van der Waals surface area contributed by atoms with E-state index < -0.39 is 6.10 Å². The maximum absolute atomic E-state index is 13.9. The number of hydrogen-bond donors (Lipinski definition) is 1. The van der Waals surface area contributed by atoms with Gasteiger partial charge in [-0.05, 0) is 62.9 Å². The van der Waals surface area contributed by atoms with Gasteiger partial charge in [0.15, 0.2) is 11.6 Å². The van der Waals surface area contributed by atoms with Crippen molar-refractivity contribution in [3.05, 3.63) is 29.6 Å². The second kappa shape index (κ2) is 6.10. The highest BCUT2D eigenvalue weighted by Gasteiger charge is 2.25. The van der Waals surface area contributed by atoms with Crippen molar-refractivity contribution in [2.24, 2.45) is 0 Å². The van der Waals surface area contributed by atoms with Crippen molar-refractivity contribution in [2.45, 2.75) is 44.3 Å². The summed E-state index contributed by atoms with van der Waals surface area (Å²) in [6.07, 6.45) is 4.77. The van der Waals surface area contributed by atoms with E-state index in [0.717, 1.165) is 32.5 Å². The predicted octanol–water partition coefficient (Wildman–Crippen LogP) is 2.89. The van der Waals surface area contributed by atoms with Crippen LogP contribution in [0.2, 0.25) is 0 Å². The van der Waals surface area contributed by atoms with E-state index in [0.29, 0.717) is 17.7 Å². The molecule has 1 saturated carbocycles. The van der Waals surface area contributed by atoms with Crippen molar-refractivity contribution >= 4 is 0 Å². The van der Waals surface area contributed by atoms with Crippen molar-refractivity contribution < 1.29 is 14.2 Å². The minimum Gasteiger partial charge on any atom is -0.487 e. The molecule has 3 nitrogen and oxygen atoms in total. The van der Waals surface area contributed by atoms with Gasteiger partial charge in [-0.25, -0.2) is 4.39 Å². The van der Waals surface area contributed by atoms with Crippen molar-refractivity contribution in [1.29, 1.82) is 0 Å². The topological polar surface area (TPSA) is 32.7 Å². The third-order valence-corrected chi connectivity index (χ3v) is 4.08. The minimum absolute atomic E-state index is 0.190. The molecular weight excluding hydrogens is 257 g/mol. The van der Waals surface area contributed by atoms with Gasteiger partial charge >= 0.3 is 0 Å². The lowest BCUT2D eigenvalue weighted by molar-refractivity contribution is 0.148. The fourth-order valence-corrected chi connectivity index (χ4v) is 2.66. The number of hydrogen-bond acceptors (Lipinski definition) is 3. The molecule has 0 amide bonds. The average Bonchev–Trinajstić information content (AvgIpc) is 3.11. The molecule has 0 radical (unpaired) electrons. The Hall–Kier alpha value is -1.13. The summed E-state index contributed by atoms with van der Waals surface area (Å²) < 4.78 is 19.4. The first-order valence-corrected chi connectivity index (χ1v) is 7.59. The van der Waals surface area contributed by atoms with Crippen LogP contribution in [-0.4, -0.2) is 35.7 Å². The van der Waals surface area contributed by atoms with E-state index in [1.165, 1.54) is 18.9 Å². The summed E-state index contributed by atoms with van der Waals surface area (Å²) in [6, 6.07) is 4.82. The second-order valence-corrected chi connectivity index (χ2v) is 5.86. The molecule has 1 aromatic rings. The summed E-state index contributed by atoms with van der Waals surface area (Å²) in [5.74, 6) is -0.0578. The fraction of sp³-hybridized carbons (Fsp3) is 0.625. The lowest BCUT2D eigenvalue weighted by Crippen LogP contribution is -2.22. The maximum Gasteiger partial charge on any atom is 0.165 e. The molecule has 1 aliphatic carbocycles. The van der Waals surface area contributed by atoms with Crippen LogP contribution in [0.5, 0.6) is 5.75 Å². The Kier molecular flexibility index (Phi) is 4.22. The normalized spacial score (nSPS) is 21.1. The standard InChI is InChI=1S/C16H22FNO2/c17-14-11-12(3-6-16(14)20-13-4-5-13)15(19)7-10-18-8-1-2-9-18/h3,6,11,13,15,19H,1-2,4-5,7-10H2/t15-/m0/s1. The van der Waals surface area contributed by atoms with E-state index in [-0.39, 0.29) is 11.9 Å². The fourth-order valence-electron chi connectivity index (χ4n) is 2.66. The zero-order valence-corrected chi connectivity index (χ0v) is 11.7. The number of likely N-dealkylation sites (tertiary alicyclic amines) is 1. The smallest absolute Gasteiger partial charge is 0.165 e. The van der Waals surface area contributed by atoms with E-state index in [9.17, 15) is 9.50 Å². The molecular formula is C16H22FNO2. The van der Waals surface area contributed by atoms with Crippen molar-refractivity contribution in [3.8, 4) is 5.75 Å². The van der Waals surface area contributed by atoms with Gasteiger partial charge < -0.3 is 14.7 Å². The lowest BCUT2D eigenvalue weighted by Gasteiger charge is -2.18. The molecule has 4 heteroatoms. The number of ether oxygens (including phenoxy) is 1. The first-order valence-electron chi connectivity index (χ1n) is 7.59. The molecule has 0 spiro atoms. The number of aliphatic hydroxyl groups is 1. The molecule has 0 unspecified atom stereocenters. The number of aliphatic hydroxyl groups excluding tert-OH is 1. The molecule has 1 N–H and O–H groups in total. The zero-order chi connectivity index (χ0) is 13.9.